The number of ether oxygens (including phenoxy) is 1. The molecule has 0 aliphatic carbocycles. The molecule has 0 bridgehead atoms. The van der Waals surface area contributed by atoms with Gasteiger partial charge in [-0.1, -0.05) is 23.2 Å². The molecular formula is C20H14Cl2F2N2O4S. The van der Waals surface area contributed by atoms with Crippen molar-refractivity contribution in [1.29, 1.82) is 0 Å². The second kappa shape index (κ2) is 9.09. The van der Waals surface area contributed by atoms with E-state index in [1.54, 1.807) is 0 Å². The van der Waals surface area contributed by atoms with Crippen molar-refractivity contribution in [2.75, 3.05) is 17.1 Å². The monoisotopic (exact) mass is 486 g/mol. The van der Waals surface area contributed by atoms with E-state index in [1.165, 1.54) is 43.5 Å². The Morgan fingerprint density at radius 3 is 2.35 bits per heavy atom. The van der Waals surface area contributed by atoms with Crippen molar-refractivity contribution in [1.82, 2.24) is 0 Å². The van der Waals surface area contributed by atoms with E-state index in [1.807, 2.05) is 0 Å². The molecule has 0 spiro atoms. The predicted molar refractivity (Wildman–Crippen MR) is 115 cm³/mol. The van der Waals surface area contributed by atoms with Crippen molar-refractivity contribution >= 4 is 50.5 Å². The molecule has 2 N–H and O–H groups in total. The molecule has 3 rings (SSSR count). The summed E-state index contributed by atoms with van der Waals surface area (Å²) in [6, 6.07) is 10.4. The highest BCUT2D eigenvalue weighted by atomic mass is 35.5. The normalized spacial score (nSPS) is 11.1. The van der Waals surface area contributed by atoms with E-state index in [4.69, 9.17) is 27.9 Å². The quantitative estimate of drug-likeness (QED) is 0.492. The summed E-state index contributed by atoms with van der Waals surface area (Å²) in [5, 5.41) is 2.67. The number of methoxy groups -OCH3 is 1. The molecule has 162 valence electrons. The average Bonchev–Trinajstić information content (AvgIpc) is 2.69. The molecule has 3 aromatic rings. The van der Waals surface area contributed by atoms with Gasteiger partial charge in [0.2, 0.25) is 0 Å². The third-order valence-corrected chi connectivity index (χ3v) is 6.18. The van der Waals surface area contributed by atoms with Gasteiger partial charge in [0.05, 0.1) is 33.3 Å². The molecule has 0 fully saturated rings. The van der Waals surface area contributed by atoms with Crippen molar-refractivity contribution in [2.45, 2.75) is 4.90 Å². The van der Waals surface area contributed by atoms with Crippen molar-refractivity contribution in [2.24, 2.45) is 0 Å². The Kier molecular flexibility index (Phi) is 6.68. The highest BCUT2D eigenvalue weighted by Crippen LogP contribution is 2.32. The van der Waals surface area contributed by atoms with Crippen LogP contribution in [0.5, 0.6) is 5.75 Å². The molecule has 3 aromatic carbocycles. The van der Waals surface area contributed by atoms with Crippen molar-refractivity contribution in [3.05, 3.63) is 81.8 Å². The van der Waals surface area contributed by atoms with Crippen LogP contribution in [0.15, 0.2) is 59.5 Å². The number of halogens is 4. The van der Waals surface area contributed by atoms with Gasteiger partial charge in [-0.15, -0.1) is 0 Å². The molecule has 0 heterocycles. The number of carbonyl (C=O) groups excluding carboxylic acids is 1. The van der Waals surface area contributed by atoms with Gasteiger partial charge in [0.15, 0.2) is 0 Å². The third-order valence-electron chi connectivity index (χ3n) is 4.08. The molecule has 31 heavy (non-hydrogen) atoms. The number of benzene rings is 3. The molecular weight excluding hydrogens is 473 g/mol. The van der Waals surface area contributed by atoms with E-state index in [9.17, 15) is 22.0 Å². The largest absolute Gasteiger partial charge is 0.495 e. The van der Waals surface area contributed by atoms with E-state index in [-0.39, 0.29) is 37.6 Å². The molecule has 0 saturated heterocycles. The van der Waals surface area contributed by atoms with Crippen LogP contribution in [0.2, 0.25) is 10.0 Å². The number of carbonyl (C=O) groups is 1. The first-order valence-corrected chi connectivity index (χ1v) is 10.8. The number of rotatable bonds is 6. The van der Waals surface area contributed by atoms with Crippen molar-refractivity contribution in [3.63, 3.8) is 0 Å². The zero-order valence-corrected chi connectivity index (χ0v) is 18.1. The van der Waals surface area contributed by atoms with E-state index in [0.717, 1.165) is 12.1 Å². The second-order valence-electron chi connectivity index (χ2n) is 6.17. The van der Waals surface area contributed by atoms with Gasteiger partial charge in [-0.3, -0.25) is 9.52 Å². The summed E-state index contributed by atoms with van der Waals surface area (Å²) in [6.07, 6.45) is 0. The summed E-state index contributed by atoms with van der Waals surface area (Å²) in [4.78, 5) is 12.2. The lowest BCUT2D eigenvalue weighted by molar-refractivity contribution is 0.102. The summed E-state index contributed by atoms with van der Waals surface area (Å²) in [6.45, 7) is 0. The predicted octanol–water partition coefficient (Wildman–Crippen LogP) is 5.33. The van der Waals surface area contributed by atoms with Gasteiger partial charge in [0.1, 0.15) is 17.4 Å². The minimum absolute atomic E-state index is 0.00551. The summed E-state index contributed by atoms with van der Waals surface area (Å²) in [7, 11) is -2.75. The van der Waals surface area contributed by atoms with Gasteiger partial charge in [-0.2, -0.15) is 0 Å². The lowest BCUT2D eigenvalue weighted by Gasteiger charge is -2.14. The first-order chi connectivity index (χ1) is 14.6. The molecule has 1 amide bonds. The Hall–Kier alpha value is -2.88. The van der Waals surface area contributed by atoms with Crippen LogP contribution in [-0.4, -0.2) is 21.4 Å². The third kappa shape index (κ3) is 5.25. The zero-order valence-electron chi connectivity index (χ0n) is 15.7. The Bertz CT molecular complexity index is 1270. The van der Waals surface area contributed by atoms with Gasteiger partial charge in [0, 0.05) is 11.8 Å². The Morgan fingerprint density at radius 2 is 1.71 bits per heavy atom. The smallest absolute Gasteiger partial charge is 0.262 e. The SMILES string of the molecule is COc1ccc(NC(=O)c2ccc(F)cc2F)cc1NS(=O)(=O)c1ccc(Cl)c(Cl)c1. The van der Waals surface area contributed by atoms with Crippen LogP contribution in [0.3, 0.4) is 0 Å². The number of hydrogen-bond donors (Lipinski definition) is 2. The van der Waals surface area contributed by atoms with Crippen LogP contribution < -0.4 is 14.8 Å². The summed E-state index contributed by atoms with van der Waals surface area (Å²) in [5.41, 5.74) is -0.234. The molecule has 0 aliphatic heterocycles. The summed E-state index contributed by atoms with van der Waals surface area (Å²) >= 11 is 11.7. The van der Waals surface area contributed by atoms with E-state index in [2.05, 4.69) is 10.0 Å². The van der Waals surface area contributed by atoms with Crippen LogP contribution >= 0.6 is 23.2 Å². The fraction of sp³-hybridized carbons (Fsp3) is 0.0500. The fourth-order valence-corrected chi connectivity index (χ4v) is 4.04. The molecule has 0 aliphatic rings. The maximum absolute atomic E-state index is 13.8. The fourth-order valence-electron chi connectivity index (χ4n) is 2.59. The Morgan fingerprint density at radius 1 is 0.968 bits per heavy atom. The number of nitrogens with one attached hydrogen (secondary N) is 2. The van der Waals surface area contributed by atoms with Crippen molar-refractivity contribution < 1.29 is 26.7 Å². The minimum atomic E-state index is -4.08. The molecule has 11 heteroatoms. The average molecular weight is 487 g/mol. The molecule has 0 atom stereocenters. The number of amides is 1. The number of hydrogen-bond acceptors (Lipinski definition) is 4. The molecule has 6 nitrogen and oxygen atoms in total. The van der Waals surface area contributed by atoms with Crippen LogP contribution in [-0.2, 0) is 10.0 Å². The maximum atomic E-state index is 13.8. The Labute approximate surface area is 186 Å². The molecule has 0 saturated carbocycles. The van der Waals surface area contributed by atoms with Crippen LogP contribution in [0.1, 0.15) is 10.4 Å². The highest BCUT2D eigenvalue weighted by molar-refractivity contribution is 7.92. The maximum Gasteiger partial charge on any atom is 0.262 e. The standard InChI is InChI=1S/C20H14Cl2F2N2O4S/c1-30-19-7-3-12(25-20(27)14-5-2-11(23)8-17(14)24)9-18(19)26-31(28,29)13-4-6-15(21)16(22)10-13/h2-10,26H,1H3,(H,25,27). The van der Waals surface area contributed by atoms with E-state index in [0.29, 0.717) is 6.07 Å². The number of sulfonamides is 1. The Balaban J connectivity index is 1.90. The summed E-state index contributed by atoms with van der Waals surface area (Å²) < 4.78 is 59.8. The zero-order chi connectivity index (χ0) is 22.8. The molecule has 0 radical (unpaired) electrons. The van der Waals surface area contributed by atoms with Gasteiger partial charge >= 0.3 is 0 Å². The minimum Gasteiger partial charge on any atom is -0.495 e. The van der Waals surface area contributed by atoms with Crippen molar-refractivity contribution in [3.8, 4) is 5.75 Å². The lowest BCUT2D eigenvalue weighted by atomic mass is 10.2. The van der Waals surface area contributed by atoms with Gasteiger partial charge < -0.3 is 10.1 Å². The second-order valence-corrected chi connectivity index (χ2v) is 8.67. The van der Waals surface area contributed by atoms with Gasteiger partial charge in [0.25, 0.3) is 15.9 Å². The number of anilines is 2. The molecule has 0 unspecified atom stereocenters. The van der Waals surface area contributed by atoms with E-state index >= 15 is 0 Å². The first-order valence-electron chi connectivity index (χ1n) is 8.53. The topological polar surface area (TPSA) is 84.5 Å². The van der Waals surface area contributed by atoms with Gasteiger partial charge in [-0.05, 0) is 48.5 Å². The first kappa shape index (κ1) is 22.8. The van der Waals surface area contributed by atoms with E-state index < -0.39 is 27.6 Å². The summed E-state index contributed by atoms with van der Waals surface area (Å²) in [5.74, 6) is -2.54. The lowest BCUT2D eigenvalue weighted by Crippen LogP contribution is -2.16. The van der Waals surface area contributed by atoms with Crippen LogP contribution in [0.4, 0.5) is 20.2 Å². The highest BCUT2D eigenvalue weighted by Gasteiger charge is 2.19. The van der Waals surface area contributed by atoms with Crippen LogP contribution in [0, 0.1) is 11.6 Å². The van der Waals surface area contributed by atoms with Crippen LogP contribution in [0.25, 0.3) is 0 Å². The molecule has 0 aromatic heterocycles. The van der Waals surface area contributed by atoms with Gasteiger partial charge in [-0.25, -0.2) is 17.2 Å².